The van der Waals surface area contributed by atoms with Crippen LogP contribution in [0.15, 0.2) is 72.8 Å². The average Bonchev–Trinajstić information content (AvgIpc) is 3.38. The minimum Gasteiger partial charge on any atom is -0.508 e. The zero-order chi connectivity index (χ0) is 55.9. The van der Waals surface area contributed by atoms with Crippen LogP contribution in [0.25, 0.3) is 0 Å². The van der Waals surface area contributed by atoms with Crippen molar-refractivity contribution in [1.82, 2.24) is 37.2 Å². The van der Waals surface area contributed by atoms with Crippen molar-refractivity contribution in [1.29, 1.82) is 0 Å². The summed E-state index contributed by atoms with van der Waals surface area (Å²) >= 11 is 0. The molecule has 17 N–H and O–H groups in total. The lowest BCUT2D eigenvalue weighted by Crippen LogP contribution is -2.61. The van der Waals surface area contributed by atoms with Gasteiger partial charge >= 0.3 is 5.97 Å². The Morgan fingerprint density at radius 3 is 1.84 bits per heavy atom. The Balaban J connectivity index is 1.65. The van der Waals surface area contributed by atoms with Crippen molar-refractivity contribution >= 4 is 58.9 Å². The largest absolute Gasteiger partial charge is 0.508 e. The highest BCUT2D eigenvalue weighted by molar-refractivity contribution is 6.03. The van der Waals surface area contributed by atoms with Crippen LogP contribution in [0.1, 0.15) is 110 Å². The highest BCUT2D eigenvalue weighted by Gasteiger charge is 2.35. The third-order valence-corrected chi connectivity index (χ3v) is 12.6. The number of phenolic OH excluding ortho intramolecular Hbond substituents is 1. The number of phenols is 1. The fourth-order valence-electron chi connectivity index (χ4n) is 8.23. The number of hydrogen-bond donors (Lipinski definition) is 14. The first-order valence-electron chi connectivity index (χ1n) is 25.6. The lowest BCUT2D eigenvalue weighted by atomic mass is 10.0. The number of carbonyl (C=O) groups is 9. The summed E-state index contributed by atoms with van der Waals surface area (Å²) in [7, 11) is 0. The molecule has 8 amide bonds. The number of carboxylic acid groups (broad SMARTS) is 1. The maximum atomic E-state index is 14.3. The van der Waals surface area contributed by atoms with Crippen molar-refractivity contribution < 1.29 is 58.5 Å². The average molecular weight is 1060 g/mol. The van der Waals surface area contributed by atoms with E-state index in [9.17, 15) is 58.5 Å². The minimum atomic E-state index is -1.71. The lowest BCUT2D eigenvalue weighted by molar-refractivity contribution is -0.143. The molecule has 414 valence electrons. The number of carboxylic acids is 1. The second-order valence-electron chi connectivity index (χ2n) is 19.3. The summed E-state index contributed by atoms with van der Waals surface area (Å²) in [5, 5.41) is 51.5. The summed E-state index contributed by atoms with van der Waals surface area (Å²) < 4.78 is 0. The first-order chi connectivity index (χ1) is 36.2. The molecule has 4 rings (SSSR count). The molecule has 0 spiro atoms. The summed E-state index contributed by atoms with van der Waals surface area (Å²) in [5.74, 6) is -7.91. The third-order valence-electron chi connectivity index (χ3n) is 12.6. The number of aromatic hydroxyl groups is 1. The van der Waals surface area contributed by atoms with Crippen LogP contribution in [0.2, 0.25) is 0 Å². The number of aliphatic carboxylic acids is 1. The number of carbonyl (C=O) groups excluding carboxylic acids is 8. The van der Waals surface area contributed by atoms with E-state index in [-0.39, 0.29) is 100.0 Å². The molecule has 3 aromatic rings. The second kappa shape index (κ2) is 30.8. The molecule has 0 unspecified atom stereocenters. The van der Waals surface area contributed by atoms with Crippen LogP contribution in [0.4, 0.5) is 5.69 Å². The van der Waals surface area contributed by atoms with Crippen LogP contribution in [0.5, 0.6) is 5.75 Å². The lowest BCUT2D eigenvalue weighted by Gasteiger charge is -2.28. The molecule has 1 aliphatic rings. The van der Waals surface area contributed by atoms with Crippen molar-refractivity contribution in [3.8, 4) is 5.75 Å². The number of aliphatic hydroxyl groups excluding tert-OH is 1. The molecule has 2 bridgehead atoms. The van der Waals surface area contributed by atoms with Gasteiger partial charge in [0.25, 0.3) is 11.8 Å². The number of unbranched alkanes of at least 4 members (excludes halogenated alkanes) is 1. The number of hydrogen-bond acceptors (Lipinski definition) is 14. The SMILES string of the molecule is CC(C)[C@H](NC(=O)[C@@H]1CCCCNC(=O)c2cc(NC(=O)[C@@H](N)Cc3ccccc3)cc(c2)C(=O)NCCCC[C@H](NC(=O)[C@H](CCCCN)NC(=O)[C@@H](N)Cc2ccc(O)cc2)C(=O)N[C@@H]([C@@H](C)O)C(=O)N1)C(=O)O. The zero-order valence-electron chi connectivity index (χ0n) is 43.3. The quantitative estimate of drug-likeness (QED) is 0.0701. The predicted octanol–water partition coefficient (Wildman–Crippen LogP) is -0.0411. The van der Waals surface area contributed by atoms with Crippen molar-refractivity contribution in [2.24, 2.45) is 23.1 Å². The van der Waals surface area contributed by atoms with Crippen LogP contribution >= 0.6 is 0 Å². The molecule has 0 aliphatic carbocycles. The van der Waals surface area contributed by atoms with E-state index < -0.39 is 108 Å². The van der Waals surface area contributed by atoms with E-state index in [4.69, 9.17) is 17.2 Å². The number of nitrogens with one attached hydrogen (secondary N) is 8. The molecule has 3 aromatic carbocycles. The van der Waals surface area contributed by atoms with E-state index in [0.29, 0.717) is 18.4 Å². The standard InChI is InChI=1S/C53H75N11O12/c1-30(2)43(53(75)76)63-50(72)42-17-9-12-24-58-46(68)35-27-34(28-36(29-35)59-47(69)38(55)25-32-13-5-4-6-14-32)45(67)57-23-11-8-16-41(51(73)64-44(31(3)65)52(74)62-42)61-49(71)40(15-7-10-22-54)60-48(70)39(56)26-33-18-20-37(66)21-19-33/h4-6,13-14,18-21,27-31,38-44,65-66H,7-12,15-17,22-26,54-56H2,1-3H3,(H,57,67)(H,58,68)(H,59,69)(H,60,70)(H,61,71)(H,62,74)(H,63,72)(H,64,73)(H,75,76)/t31-,38+,39+,40+,41+,42+,43+,44+/m1/s1. The van der Waals surface area contributed by atoms with Gasteiger partial charge in [0.1, 0.15) is 36.0 Å². The molecular weight excluding hydrogens is 983 g/mol. The Bertz CT molecular complexity index is 2460. The number of anilines is 1. The van der Waals surface area contributed by atoms with E-state index in [2.05, 4.69) is 42.5 Å². The first-order valence-corrected chi connectivity index (χ1v) is 25.6. The number of aliphatic hydroxyl groups is 1. The molecule has 1 aliphatic heterocycles. The van der Waals surface area contributed by atoms with Gasteiger partial charge in [-0.25, -0.2) is 4.79 Å². The molecule has 0 radical (unpaired) electrons. The molecule has 23 heteroatoms. The molecule has 8 atom stereocenters. The Morgan fingerprint density at radius 1 is 0.697 bits per heavy atom. The van der Waals surface area contributed by atoms with Gasteiger partial charge in [-0.05, 0) is 131 Å². The van der Waals surface area contributed by atoms with Gasteiger partial charge in [-0.2, -0.15) is 0 Å². The molecule has 0 saturated heterocycles. The number of nitrogens with two attached hydrogens (primary N) is 3. The van der Waals surface area contributed by atoms with Gasteiger partial charge in [-0.15, -0.1) is 0 Å². The number of benzene rings is 3. The van der Waals surface area contributed by atoms with Gasteiger partial charge in [0.2, 0.25) is 35.4 Å². The minimum absolute atomic E-state index is 0.0187. The molecule has 76 heavy (non-hydrogen) atoms. The number of rotatable bonds is 19. The molecule has 0 fully saturated rings. The first kappa shape index (κ1) is 61.1. The van der Waals surface area contributed by atoms with Crippen LogP contribution in [-0.4, -0.2) is 137 Å². The van der Waals surface area contributed by atoms with E-state index in [1.807, 2.05) is 30.3 Å². The fraction of sp³-hybridized carbons (Fsp3) is 0.491. The molecule has 1 heterocycles. The Labute approximate surface area is 442 Å². The van der Waals surface area contributed by atoms with Gasteiger partial charge in [-0.3, -0.25) is 38.4 Å². The smallest absolute Gasteiger partial charge is 0.326 e. The van der Waals surface area contributed by atoms with Crippen LogP contribution in [0, 0.1) is 5.92 Å². The highest BCUT2D eigenvalue weighted by atomic mass is 16.4. The highest BCUT2D eigenvalue weighted by Crippen LogP contribution is 2.18. The van der Waals surface area contributed by atoms with Crippen LogP contribution in [-0.2, 0) is 46.4 Å². The zero-order valence-corrected chi connectivity index (χ0v) is 43.3. The molecule has 23 nitrogen and oxygen atoms in total. The van der Waals surface area contributed by atoms with Gasteiger partial charge in [0, 0.05) is 29.9 Å². The van der Waals surface area contributed by atoms with Crippen molar-refractivity contribution in [3.63, 3.8) is 0 Å². The number of amides is 8. The maximum Gasteiger partial charge on any atom is 0.326 e. The van der Waals surface area contributed by atoms with Gasteiger partial charge in [0.05, 0.1) is 18.2 Å². The van der Waals surface area contributed by atoms with E-state index in [1.165, 1.54) is 37.3 Å². The summed E-state index contributed by atoms with van der Waals surface area (Å²) in [6.07, 6.45) is 0.272. The van der Waals surface area contributed by atoms with Gasteiger partial charge in [0.15, 0.2) is 0 Å². The Kier molecular flexibility index (Phi) is 24.7. The Hall–Kier alpha value is -7.47. The molecular formula is C53H75N11O12. The summed E-state index contributed by atoms with van der Waals surface area (Å²) in [4.78, 5) is 122. The van der Waals surface area contributed by atoms with E-state index in [0.717, 1.165) is 5.56 Å². The van der Waals surface area contributed by atoms with Crippen LogP contribution < -0.4 is 59.7 Å². The number of fused-ring (bicyclic) bond motifs is 2. The van der Waals surface area contributed by atoms with Crippen molar-refractivity contribution in [2.45, 2.75) is 140 Å². The van der Waals surface area contributed by atoms with Gasteiger partial charge in [-0.1, -0.05) is 56.3 Å². The fourth-order valence-corrected chi connectivity index (χ4v) is 8.23. The Morgan fingerprint density at radius 2 is 1.28 bits per heavy atom. The summed E-state index contributed by atoms with van der Waals surface area (Å²) in [6, 6.07) is 10.1. The monoisotopic (exact) mass is 1060 g/mol. The van der Waals surface area contributed by atoms with Crippen molar-refractivity contribution in [3.05, 3.63) is 95.1 Å². The molecule has 0 saturated carbocycles. The summed E-state index contributed by atoms with van der Waals surface area (Å²) in [6.45, 7) is 4.73. The normalized spacial score (nSPS) is 19.2. The van der Waals surface area contributed by atoms with E-state index >= 15 is 0 Å². The third kappa shape index (κ3) is 20.0. The van der Waals surface area contributed by atoms with E-state index in [1.54, 1.807) is 26.0 Å². The summed E-state index contributed by atoms with van der Waals surface area (Å²) in [5.41, 5.74) is 19.8. The van der Waals surface area contributed by atoms with Crippen LogP contribution in [0.3, 0.4) is 0 Å². The molecule has 0 aromatic heterocycles. The maximum absolute atomic E-state index is 14.3. The van der Waals surface area contributed by atoms with Crippen molar-refractivity contribution in [2.75, 3.05) is 25.0 Å². The second-order valence-corrected chi connectivity index (χ2v) is 19.3. The predicted molar refractivity (Wildman–Crippen MR) is 282 cm³/mol. The topological polar surface area (TPSA) is 389 Å². The van der Waals surface area contributed by atoms with Gasteiger partial charge < -0.3 is 75.1 Å².